The van der Waals surface area contributed by atoms with Crippen LogP contribution in [-0.2, 0) is 10.0 Å². The molecule has 2 aliphatic rings. The van der Waals surface area contributed by atoms with Gasteiger partial charge in [0.2, 0.25) is 10.0 Å². The van der Waals surface area contributed by atoms with Gasteiger partial charge in [0.15, 0.2) is 0 Å². The Morgan fingerprint density at radius 3 is 2.32 bits per heavy atom. The molecule has 1 heterocycles. The lowest BCUT2D eigenvalue weighted by molar-refractivity contribution is 0.135. The molecule has 1 aromatic carbocycles. The SMILES string of the molecule is COc1ccc(S(=O)(=O)N2CC(N)(C3CC3)C2)cc1. The van der Waals surface area contributed by atoms with Gasteiger partial charge in [-0.15, -0.1) is 0 Å². The topological polar surface area (TPSA) is 72.6 Å². The standard InChI is InChI=1S/C13H18N2O3S/c1-18-11-4-6-12(7-5-11)19(16,17)15-8-13(14,9-15)10-2-3-10/h4-7,10H,2-3,8-9,14H2,1H3. The minimum Gasteiger partial charge on any atom is -0.497 e. The van der Waals surface area contributed by atoms with Gasteiger partial charge in [0.25, 0.3) is 0 Å². The van der Waals surface area contributed by atoms with Crippen LogP contribution in [0.4, 0.5) is 0 Å². The second-order valence-electron chi connectivity index (χ2n) is 5.46. The van der Waals surface area contributed by atoms with E-state index < -0.39 is 10.0 Å². The maximum Gasteiger partial charge on any atom is 0.243 e. The fourth-order valence-corrected chi connectivity index (χ4v) is 4.19. The Morgan fingerprint density at radius 2 is 1.84 bits per heavy atom. The van der Waals surface area contributed by atoms with Gasteiger partial charge in [-0.1, -0.05) is 0 Å². The van der Waals surface area contributed by atoms with E-state index in [2.05, 4.69) is 0 Å². The molecule has 0 atom stereocenters. The van der Waals surface area contributed by atoms with Gasteiger partial charge in [0, 0.05) is 18.6 Å². The Hall–Kier alpha value is -1.11. The van der Waals surface area contributed by atoms with Gasteiger partial charge in [-0.05, 0) is 43.0 Å². The smallest absolute Gasteiger partial charge is 0.243 e. The molecule has 1 saturated heterocycles. The van der Waals surface area contributed by atoms with Crippen molar-refractivity contribution in [3.8, 4) is 5.75 Å². The third-order valence-corrected chi connectivity index (χ3v) is 5.83. The lowest BCUT2D eigenvalue weighted by Crippen LogP contribution is -2.69. The summed E-state index contributed by atoms with van der Waals surface area (Å²) in [5, 5.41) is 0. The Morgan fingerprint density at radius 1 is 1.26 bits per heavy atom. The molecular weight excluding hydrogens is 264 g/mol. The molecule has 0 radical (unpaired) electrons. The highest BCUT2D eigenvalue weighted by Gasteiger charge is 2.53. The minimum absolute atomic E-state index is 0.292. The van der Waals surface area contributed by atoms with Crippen LogP contribution in [0.1, 0.15) is 12.8 Å². The van der Waals surface area contributed by atoms with Crippen LogP contribution in [0.25, 0.3) is 0 Å². The normalized spacial score (nSPS) is 22.8. The van der Waals surface area contributed by atoms with E-state index in [0.717, 1.165) is 12.8 Å². The quantitative estimate of drug-likeness (QED) is 0.887. The summed E-state index contributed by atoms with van der Waals surface area (Å²) in [5.74, 6) is 1.16. The van der Waals surface area contributed by atoms with Crippen LogP contribution in [0.3, 0.4) is 0 Å². The average molecular weight is 282 g/mol. The molecule has 3 rings (SSSR count). The van der Waals surface area contributed by atoms with Crippen molar-refractivity contribution in [3.05, 3.63) is 24.3 Å². The van der Waals surface area contributed by atoms with Gasteiger partial charge in [0.1, 0.15) is 5.75 Å². The summed E-state index contributed by atoms with van der Waals surface area (Å²) in [4.78, 5) is 0.297. The Bertz CT molecular complexity index is 572. The Balaban J connectivity index is 1.76. The largest absolute Gasteiger partial charge is 0.497 e. The van der Waals surface area contributed by atoms with Crippen LogP contribution in [0, 0.1) is 5.92 Å². The summed E-state index contributed by atoms with van der Waals surface area (Å²) < 4.78 is 31.2. The first-order valence-electron chi connectivity index (χ1n) is 6.39. The van der Waals surface area contributed by atoms with E-state index in [0.29, 0.717) is 29.7 Å². The Labute approximate surface area is 113 Å². The average Bonchev–Trinajstić information content (AvgIpc) is 3.19. The number of benzene rings is 1. The van der Waals surface area contributed by atoms with E-state index >= 15 is 0 Å². The van der Waals surface area contributed by atoms with Crippen molar-refractivity contribution in [2.45, 2.75) is 23.3 Å². The summed E-state index contributed by atoms with van der Waals surface area (Å²) in [5.41, 5.74) is 5.90. The third kappa shape index (κ3) is 2.13. The maximum absolute atomic E-state index is 12.4. The zero-order valence-corrected chi connectivity index (χ0v) is 11.7. The Kier molecular flexibility index (Phi) is 2.85. The first kappa shape index (κ1) is 12.9. The molecular formula is C13H18N2O3S. The van der Waals surface area contributed by atoms with Gasteiger partial charge in [0.05, 0.1) is 12.0 Å². The summed E-state index contributed by atoms with van der Waals surface area (Å²) in [6, 6.07) is 6.45. The van der Waals surface area contributed by atoms with E-state index in [-0.39, 0.29) is 5.54 Å². The third-order valence-electron chi connectivity index (χ3n) is 4.03. The molecule has 6 heteroatoms. The van der Waals surface area contributed by atoms with Crippen LogP contribution in [0.5, 0.6) is 5.75 Å². The maximum atomic E-state index is 12.4. The molecule has 0 bridgehead atoms. The van der Waals surface area contributed by atoms with Gasteiger partial charge in [-0.25, -0.2) is 8.42 Å². The van der Waals surface area contributed by atoms with E-state index in [9.17, 15) is 8.42 Å². The van der Waals surface area contributed by atoms with E-state index in [1.54, 1.807) is 31.4 Å². The van der Waals surface area contributed by atoms with E-state index in [4.69, 9.17) is 10.5 Å². The zero-order valence-electron chi connectivity index (χ0n) is 10.9. The lowest BCUT2D eigenvalue weighted by Gasteiger charge is -2.47. The van der Waals surface area contributed by atoms with Gasteiger partial charge >= 0.3 is 0 Å². The highest BCUT2D eigenvalue weighted by Crippen LogP contribution is 2.44. The second kappa shape index (κ2) is 4.19. The van der Waals surface area contributed by atoms with Crippen molar-refractivity contribution in [1.29, 1.82) is 0 Å². The number of hydrogen-bond donors (Lipinski definition) is 1. The number of rotatable bonds is 4. The molecule has 1 aromatic rings. The molecule has 5 nitrogen and oxygen atoms in total. The summed E-state index contributed by atoms with van der Waals surface area (Å²) in [6.45, 7) is 0.873. The molecule has 0 aromatic heterocycles. The van der Waals surface area contributed by atoms with Crippen molar-refractivity contribution in [3.63, 3.8) is 0 Å². The molecule has 2 N–H and O–H groups in total. The first-order chi connectivity index (χ1) is 8.95. The van der Waals surface area contributed by atoms with Crippen LogP contribution >= 0.6 is 0 Å². The number of sulfonamides is 1. The number of hydrogen-bond acceptors (Lipinski definition) is 4. The highest BCUT2D eigenvalue weighted by atomic mass is 32.2. The van der Waals surface area contributed by atoms with Gasteiger partial charge < -0.3 is 10.5 Å². The van der Waals surface area contributed by atoms with Crippen LogP contribution in [-0.4, -0.2) is 38.5 Å². The van der Waals surface area contributed by atoms with Gasteiger partial charge in [-0.2, -0.15) is 4.31 Å². The fourth-order valence-electron chi connectivity index (χ4n) is 2.59. The summed E-state index contributed by atoms with van der Waals surface area (Å²) >= 11 is 0. The molecule has 0 amide bonds. The number of ether oxygens (including phenoxy) is 1. The van der Waals surface area contributed by atoms with Crippen molar-refractivity contribution in [2.24, 2.45) is 11.7 Å². The second-order valence-corrected chi connectivity index (χ2v) is 7.39. The molecule has 19 heavy (non-hydrogen) atoms. The monoisotopic (exact) mass is 282 g/mol. The fraction of sp³-hybridized carbons (Fsp3) is 0.538. The highest BCUT2D eigenvalue weighted by molar-refractivity contribution is 7.89. The van der Waals surface area contributed by atoms with E-state index in [1.165, 1.54) is 4.31 Å². The van der Waals surface area contributed by atoms with Crippen molar-refractivity contribution in [2.75, 3.05) is 20.2 Å². The predicted molar refractivity (Wildman–Crippen MR) is 71.4 cm³/mol. The van der Waals surface area contributed by atoms with Gasteiger partial charge in [-0.3, -0.25) is 0 Å². The summed E-state index contributed by atoms with van der Waals surface area (Å²) in [7, 11) is -1.85. The predicted octanol–water partition coefficient (Wildman–Crippen LogP) is 0.807. The number of methoxy groups -OCH3 is 1. The molecule has 104 valence electrons. The zero-order chi connectivity index (χ0) is 13.7. The van der Waals surface area contributed by atoms with Crippen LogP contribution < -0.4 is 10.5 Å². The van der Waals surface area contributed by atoms with Crippen LogP contribution in [0.2, 0.25) is 0 Å². The van der Waals surface area contributed by atoms with E-state index in [1.807, 2.05) is 0 Å². The molecule has 1 aliphatic carbocycles. The van der Waals surface area contributed by atoms with Crippen molar-refractivity contribution >= 4 is 10.0 Å². The minimum atomic E-state index is -3.41. The first-order valence-corrected chi connectivity index (χ1v) is 7.83. The number of nitrogens with two attached hydrogens (primary N) is 1. The molecule has 1 aliphatic heterocycles. The lowest BCUT2D eigenvalue weighted by atomic mass is 9.88. The number of nitrogens with zero attached hydrogens (tertiary/aromatic N) is 1. The van der Waals surface area contributed by atoms with Crippen LogP contribution in [0.15, 0.2) is 29.2 Å². The van der Waals surface area contributed by atoms with Crippen molar-refractivity contribution < 1.29 is 13.2 Å². The molecule has 0 unspecified atom stereocenters. The van der Waals surface area contributed by atoms with Crippen molar-refractivity contribution in [1.82, 2.24) is 4.31 Å². The molecule has 2 fully saturated rings. The molecule has 0 spiro atoms. The molecule has 1 saturated carbocycles. The summed E-state index contributed by atoms with van der Waals surface area (Å²) in [6.07, 6.45) is 2.26.